The van der Waals surface area contributed by atoms with Crippen molar-refractivity contribution in [3.8, 4) is 0 Å². The number of hydrogen-bond acceptors (Lipinski definition) is 4. The third-order valence-corrected chi connectivity index (χ3v) is 2.16. The first-order chi connectivity index (χ1) is 5.36. The van der Waals surface area contributed by atoms with Crippen LogP contribution >= 0.6 is 15.9 Å². The van der Waals surface area contributed by atoms with E-state index in [1.807, 2.05) is 0 Å². The van der Waals surface area contributed by atoms with Crippen LogP contribution in [0, 0.1) is 0 Å². The van der Waals surface area contributed by atoms with Crippen molar-refractivity contribution >= 4 is 15.9 Å². The highest BCUT2D eigenvalue weighted by Crippen LogP contribution is 2.20. The van der Waals surface area contributed by atoms with Gasteiger partial charge in [-0.05, 0) is 13.0 Å². The Hall–Kier alpha value is -0.420. The van der Waals surface area contributed by atoms with Crippen LogP contribution < -0.4 is 5.32 Å². The molecular weight excluding hydrogens is 210 g/mol. The largest absolute Gasteiger partial charge is 0.327 e. The summed E-state index contributed by atoms with van der Waals surface area (Å²) in [5.74, 6) is 1.24. The van der Waals surface area contributed by atoms with Crippen molar-refractivity contribution in [1.82, 2.24) is 15.5 Å². The zero-order valence-corrected chi connectivity index (χ0v) is 7.47. The van der Waals surface area contributed by atoms with Crippen molar-refractivity contribution in [3.05, 3.63) is 10.6 Å². The van der Waals surface area contributed by atoms with Gasteiger partial charge in [-0.15, -0.1) is 0 Å². The summed E-state index contributed by atoms with van der Waals surface area (Å²) in [5, 5.41) is 7.07. The predicted molar refractivity (Wildman–Crippen MR) is 42.2 cm³/mol. The first-order valence-corrected chi connectivity index (χ1v) is 4.35. The molecule has 0 bridgehead atoms. The van der Waals surface area contributed by atoms with Crippen LogP contribution in [0.1, 0.15) is 18.2 Å². The van der Waals surface area contributed by atoms with Crippen LogP contribution in [0.5, 0.6) is 0 Å². The van der Waals surface area contributed by atoms with E-state index in [4.69, 9.17) is 4.52 Å². The Morgan fingerprint density at radius 2 is 2.55 bits per heavy atom. The van der Waals surface area contributed by atoms with Gasteiger partial charge < -0.3 is 9.84 Å². The Morgan fingerprint density at radius 1 is 1.64 bits per heavy atom. The summed E-state index contributed by atoms with van der Waals surface area (Å²) in [6.45, 7) is 2.02. The third kappa shape index (κ3) is 1.44. The first-order valence-electron chi connectivity index (χ1n) is 3.56. The highest BCUT2D eigenvalue weighted by Gasteiger charge is 2.21. The van der Waals surface area contributed by atoms with E-state index in [1.165, 1.54) is 0 Å². The molecule has 0 aliphatic carbocycles. The van der Waals surface area contributed by atoms with E-state index >= 15 is 0 Å². The van der Waals surface area contributed by atoms with Crippen LogP contribution in [0.4, 0.5) is 0 Å². The van der Waals surface area contributed by atoms with Crippen molar-refractivity contribution in [2.75, 3.05) is 13.1 Å². The zero-order chi connectivity index (χ0) is 7.68. The van der Waals surface area contributed by atoms with E-state index in [0.29, 0.717) is 10.7 Å². The second kappa shape index (κ2) is 2.91. The molecule has 0 amide bonds. The molecule has 1 aromatic heterocycles. The van der Waals surface area contributed by atoms with Crippen LogP contribution in [0.25, 0.3) is 0 Å². The third-order valence-electron chi connectivity index (χ3n) is 1.84. The van der Waals surface area contributed by atoms with Crippen LogP contribution in [0.15, 0.2) is 9.32 Å². The van der Waals surface area contributed by atoms with Crippen molar-refractivity contribution < 1.29 is 4.52 Å². The molecule has 11 heavy (non-hydrogen) atoms. The minimum atomic E-state index is 0.435. The van der Waals surface area contributed by atoms with Gasteiger partial charge in [-0.1, -0.05) is 5.16 Å². The van der Waals surface area contributed by atoms with E-state index in [2.05, 4.69) is 31.4 Å². The molecule has 2 heterocycles. The quantitative estimate of drug-likeness (QED) is 0.761. The molecule has 1 atom stereocenters. The van der Waals surface area contributed by atoms with Crippen LogP contribution in [-0.4, -0.2) is 23.2 Å². The molecule has 60 valence electrons. The fraction of sp³-hybridized carbons (Fsp3) is 0.667. The minimum Gasteiger partial charge on any atom is -0.327 e. The number of rotatable bonds is 1. The zero-order valence-electron chi connectivity index (χ0n) is 5.88. The van der Waals surface area contributed by atoms with E-state index in [0.717, 1.165) is 25.3 Å². The van der Waals surface area contributed by atoms with Crippen LogP contribution in [0.2, 0.25) is 0 Å². The highest BCUT2D eigenvalue weighted by atomic mass is 79.9. The lowest BCUT2D eigenvalue weighted by atomic mass is 10.1. The van der Waals surface area contributed by atoms with Crippen LogP contribution in [-0.2, 0) is 0 Å². The molecule has 0 saturated carbocycles. The number of hydrogen-bond donors (Lipinski definition) is 1. The number of nitrogens with zero attached hydrogens (tertiary/aromatic N) is 2. The summed E-state index contributed by atoms with van der Waals surface area (Å²) >= 11 is 3.12. The molecule has 1 unspecified atom stereocenters. The van der Waals surface area contributed by atoms with E-state index in [1.54, 1.807) is 0 Å². The van der Waals surface area contributed by atoms with Crippen molar-refractivity contribution in [3.63, 3.8) is 0 Å². The summed E-state index contributed by atoms with van der Waals surface area (Å²) in [7, 11) is 0. The maximum atomic E-state index is 4.80. The van der Waals surface area contributed by atoms with Gasteiger partial charge in [0.25, 0.3) is 4.80 Å². The Kier molecular flexibility index (Phi) is 1.91. The molecule has 1 fully saturated rings. The summed E-state index contributed by atoms with van der Waals surface area (Å²) in [4.78, 5) is 4.56. The van der Waals surface area contributed by atoms with E-state index in [9.17, 15) is 0 Å². The minimum absolute atomic E-state index is 0.435. The standard InChI is InChI=1S/C6H8BrN3O/c7-6-9-5(10-11-6)4-1-2-8-3-4/h4,8H,1-3H2. The molecule has 1 aliphatic heterocycles. The molecule has 0 aromatic carbocycles. The molecule has 4 nitrogen and oxygen atoms in total. The molecule has 1 saturated heterocycles. The molecule has 0 radical (unpaired) electrons. The molecule has 2 rings (SSSR count). The SMILES string of the molecule is Brc1nc(C2CCNC2)no1. The Bertz CT molecular complexity index is 244. The average Bonchev–Trinajstić information content (AvgIpc) is 2.55. The molecule has 5 heteroatoms. The number of nitrogens with one attached hydrogen (secondary N) is 1. The maximum absolute atomic E-state index is 4.80. The monoisotopic (exact) mass is 217 g/mol. The van der Waals surface area contributed by atoms with Gasteiger partial charge in [-0.25, -0.2) is 0 Å². The fourth-order valence-electron chi connectivity index (χ4n) is 1.26. The first kappa shape index (κ1) is 7.24. The maximum Gasteiger partial charge on any atom is 0.293 e. The average molecular weight is 218 g/mol. The summed E-state index contributed by atoms with van der Waals surface area (Å²) in [6, 6.07) is 0. The van der Waals surface area contributed by atoms with Gasteiger partial charge in [0.15, 0.2) is 5.82 Å². The van der Waals surface area contributed by atoms with Crippen LogP contribution in [0.3, 0.4) is 0 Å². The summed E-state index contributed by atoms with van der Waals surface area (Å²) in [6.07, 6.45) is 1.10. The summed E-state index contributed by atoms with van der Waals surface area (Å²) < 4.78 is 4.80. The van der Waals surface area contributed by atoms with Crippen molar-refractivity contribution in [1.29, 1.82) is 0 Å². The van der Waals surface area contributed by atoms with Gasteiger partial charge in [0.05, 0.1) is 0 Å². The lowest BCUT2D eigenvalue weighted by Crippen LogP contribution is -2.08. The van der Waals surface area contributed by atoms with Gasteiger partial charge in [-0.2, -0.15) is 4.98 Å². The van der Waals surface area contributed by atoms with Gasteiger partial charge in [0.1, 0.15) is 0 Å². The molecule has 1 N–H and O–H groups in total. The van der Waals surface area contributed by atoms with Gasteiger partial charge >= 0.3 is 0 Å². The van der Waals surface area contributed by atoms with E-state index in [-0.39, 0.29) is 0 Å². The number of halogens is 1. The second-order valence-electron chi connectivity index (χ2n) is 2.60. The van der Waals surface area contributed by atoms with E-state index < -0.39 is 0 Å². The fourth-order valence-corrected chi connectivity index (χ4v) is 1.51. The molecule has 1 aliphatic rings. The lowest BCUT2D eigenvalue weighted by molar-refractivity contribution is 0.386. The molecule has 0 spiro atoms. The topological polar surface area (TPSA) is 51.0 Å². The highest BCUT2D eigenvalue weighted by molar-refractivity contribution is 9.10. The van der Waals surface area contributed by atoms with Gasteiger partial charge in [-0.3, -0.25) is 0 Å². The number of aromatic nitrogens is 2. The lowest BCUT2D eigenvalue weighted by Gasteiger charge is -1.97. The Morgan fingerprint density at radius 3 is 3.09 bits per heavy atom. The van der Waals surface area contributed by atoms with Gasteiger partial charge in [0.2, 0.25) is 0 Å². The Labute approximate surface area is 72.5 Å². The molecular formula is C6H8BrN3O. The second-order valence-corrected chi connectivity index (χ2v) is 3.27. The van der Waals surface area contributed by atoms with Crippen molar-refractivity contribution in [2.24, 2.45) is 0 Å². The molecule has 1 aromatic rings. The normalized spacial score (nSPS) is 24.3. The summed E-state index contributed by atoms with van der Waals surface area (Å²) in [5.41, 5.74) is 0. The van der Waals surface area contributed by atoms with Crippen molar-refractivity contribution in [2.45, 2.75) is 12.3 Å². The van der Waals surface area contributed by atoms with Gasteiger partial charge in [0, 0.05) is 28.4 Å². The predicted octanol–water partition coefficient (Wildman–Crippen LogP) is 0.909. The smallest absolute Gasteiger partial charge is 0.293 e. The Balaban J connectivity index is 2.15.